The van der Waals surface area contributed by atoms with E-state index in [0.717, 1.165) is 10.2 Å². The molecule has 0 amide bonds. The molecule has 2 aliphatic heterocycles. The van der Waals surface area contributed by atoms with E-state index >= 15 is 0 Å². The van der Waals surface area contributed by atoms with Crippen LogP contribution in [0.1, 0.15) is 0 Å². The lowest BCUT2D eigenvalue weighted by atomic mass is 10.1. The predicted octanol–water partition coefficient (Wildman–Crippen LogP) is 2.23. The summed E-state index contributed by atoms with van der Waals surface area (Å²) in [4.78, 5) is 40.8. The zero-order chi connectivity index (χ0) is 20.3. The molecule has 2 aliphatic rings. The fourth-order valence-corrected chi connectivity index (χ4v) is 3.09. The first-order valence-corrected chi connectivity index (χ1v) is 7.28. The van der Waals surface area contributed by atoms with E-state index < -0.39 is 53.8 Å². The van der Waals surface area contributed by atoms with Gasteiger partial charge >= 0.3 is 22.7 Å². The lowest BCUT2D eigenvalue weighted by Gasteiger charge is -2.20. The maximum absolute atomic E-state index is 11.6. The fourth-order valence-electron chi connectivity index (χ4n) is 3.09. The summed E-state index contributed by atoms with van der Waals surface area (Å²) in [6.07, 6.45) is 0. The number of nitrogens with one attached hydrogen (secondary N) is 2. The Morgan fingerprint density at radius 3 is 1.79 bits per heavy atom. The number of nitro benzene ring substituents is 4. The molecule has 16 heteroatoms. The van der Waals surface area contributed by atoms with E-state index in [0.29, 0.717) is 11.4 Å². The van der Waals surface area contributed by atoms with Crippen molar-refractivity contribution in [3.05, 3.63) is 64.7 Å². The number of para-hydroxylation sites is 2. The van der Waals surface area contributed by atoms with Crippen molar-refractivity contribution >= 4 is 45.5 Å². The highest BCUT2D eigenvalue weighted by atomic mass is 16.7. The van der Waals surface area contributed by atoms with Crippen LogP contribution in [0.5, 0.6) is 0 Å². The molecule has 0 radical (unpaired) electrons. The molecule has 0 aromatic heterocycles. The molecule has 16 nitrogen and oxygen atoms in total. The molecule has 0 bridgehead atoms. The van der Waals surface area contributed by atoms with Gasteiger partial charge in [0.25, 0.3) is 0 Å². The summed E-state index contributed by atoms with van der Waals surface area (Å²) in [6.45, 7) is 0. The minimum absolute atomic E-state index is 0.382. The second-order valence-corrected chi connectivity index (χ2v) is 5.51. The molecule has 0 fully saturated rings. The summed E-state index contributed by atoms with van der Waals surface area (Å²) in [5.41, 5.74) is -0.870. The molecule has 0 unspecified atom stereocenters. The van der Waals surface area contributed by atoms with Crippen LogP contribution in [-0.4, -0.2) is 19.7 Å². The van der Waals surface area contributed by atoms with Crippen molar-refractivity contribution < 1.29 is 19.7 Å². The van der Waals surface area contributed by atoms with E-state index in [9.17, 15) is 40.5 Å². The van der Waals surface area contributed by atoms with Crippen molar-refractivity contribution in [3.8, 4) is 0 Å². The molecular formula is C12H6N8O8. The lowest BCUT2D eigenvalue weighted by molar-refractivity contribution is -0.451. The number of nitro groups is 4. The summed E-state index contributed by atoms with van der Waals surface area (Å²) >= 11 is 0. The van der Waals surface area contributed by atoms with Gasteiger partial charge in [0.15, 0.2) is 5.69 Å². The highest BCUT2D eigenvalue weighted by molar-refractivity contribution is 6.04. The van der Waals surface area contributed by atoms with Gasteiger partial charge in [0.1, 0.15) is 5.69 Å². The van der Waals surface area contributed by atoms with Crippen molar-refractivity contribution in [3.63, 3.8) is 0 Å². The molecule has 0 saturated heterocycles. The predicted molar refractivity (Wildman–Crippen MR) is 91.7 cm³/mol. The second-order valence-electron chi connectivity index (χ2n) is 5.51. The van der Waals surface area contributed by atoms with Crippen LogP contribution in [0.25, 0.3) is 0 Å². The Morgan fingerprint density at radius 2 is 1.21 bits per heavy atom. The highest BCUT2D eigenvalue weighted by Crippen LogP contribution is 2.59. The van der Waals surface area contributed by atoms with E-state index in [2.05, 4.69) is 10.9 Å². The van der Waals surface area contributed by atoms with Crippen LogP contribution >= 0.6 is 0 Å². The van der Waals surface area contributed by atoms with E-state index in [-0.39, 0.29) is 0 Å². The van der Waals surface area contributed by atoms with Gasteiger partial charge in [-0.1, -0.05) is 12.1 Å². The van der Waals surface area contributed by atoms with Crippen LogP contribution in [0.4, 0.5) is 45.5 Å². The summed E-state index contributed by atoms with van der Waals surface area (Å²) in [5, 5.41) is 48.0. The number of anilines is 4. The molecule has 0 saturated carbocycles. The van der Waals surface area contributed by atoms with Gasteiger partial charge in [-0.05, 0) is 12.1 Å². The van der Waals surface area contributed by atoms with Crippen LogP contribution in [0, 0.1) is 40.5 Å². The van der Waals surface area contributed by atoms with Crippen LogP contribution in [0.3, 0.4) is 0 Å². The number of benzene rings is 2. The third-order valence-electron chi connectivity index (χ3n) is 4.09. The van der Waals surface area contributed by atoms with E-state index in [4.69, 9.17) is 0 Å². The SMILES string of the molecule is O=[N+]([O-])c1c2c(c([N+](=O)[O-])c([N+](=O)[O-])c1[N+](=O)[O-])N1Nc3ccccc3N1N2. The maximum atomic E-state index is 11.6. The summed E-state index contributed by atoms with van der Waals surface area (Å²) < 4.78 is 0. The average Bonchev–Trinajstić information content (AvgIpc) is 3.15. The Balaban J connectivity index is 2.11. The molecule has 2 aromatic rings. The van der Waals surface area contributed by atoms with E-state index in [1.807, 2.05) is 0 Å². The van der Waals surface area contributed by atoms with Crippen molar-refractivity contribution in [1.29, 1.82) is 0 Å². The average molecular weight is 390 g/mol. The molecule has 2 heterocycles. The number of rotatable bonds is 4. The monoisotopic (exact) mass is 390 g/mol. The van der Waals surface area contributed by atoms with Gasteiger partial charge in [-0.2, -0.15) is 10.2 Å². The quantitative estimate of drug-likeness (QED) is 0.569. The Hall–Kier alpha value is -4.76. The number of fused-ring (bicyclic) bond motifs is 5. The first kappa shape index (κ1) is 16.7. The number of hydrogen-bond donors (Lipinski definition) is 2. The van der Waals surface area contributed by atoms with E-state index in [1.165, 1.54) is 0 Å². The zero-order valence-corrected chi connectivity index (χ0v) is 13.3. The number of nitrogens with zero attached hydrogens (tertiary/aromatic N) is 6. The molecule has 142 valence electrons. The number of hydrazine groups is 3. The Kier molecular flexibility index (Phi) is 3.20. The van der Waals surface area contributed by atoms with Crippen LogP contribution in [0.2, 0.25) is 0 Å². The standard InChI is InChI=1S/C12H6N8O8/c21-17(22)9-7-8(10(18(23)24)12(20(27)28)11(9)19(25)26)16-13-5-3-1-2-4-6(5)15(16)14-7/h1-4,13-14H. The molecule has 0 aliphatic carbocycles. The molecule has 2 N–H and O–H groups in total. The van der Waals surface area contributed by atoms with Gasteiger partial charge in [0, 0.05) is 0 Å². The minimum Gasteiger partial charge on any atom is -0.275 e. The molecule has 28 heavy (non-hydrogen) atoms. The van der Waals surface area contributed by atoms with Crippen molar-refractivity contribution in [2.24, 2.45) is 0 Å². The molecule has 0 atom stereocenters. The highest BCUT2D eigenvalue weighted by Gasteiger charge is 2.56. The number of hydrogen-bond acceptors (Lipinski definition) is 12. The zero-order valence-electron chi connectivity index (χ0n) is 13.3. The lowest BCUT2D eigenvalue weighted by Crippen LogP contribution is -2.40. The van der Waals surface area contributed by atoms with E-state index in [1.54, 1.807) is 24.3 Å². The molecule has 0 spiro atoms. The van der Waals surface area contributed by atoms with Gasteiger partial charge in [-0.25, -0.2) is 0 Å². The van der Waals surface area contributed by atoms with Crippen molar-refractivity contribution in [2.75, 3.05) is 21.1 Å². The third-order valence-corrected chi connectivity index (χ3v) is 4.09. The van der Waals surface area contributed by atoms with Gasteiger partial charge < -0.3 is 0 Å². The summed E-state index contributed by atoms with van der Waals surface area (Å²) in [5.74, 6) is 0. The second kappa shape index (κ2) is 5.37. The Morgan fingerprint density at radius 1 is 0.679 bits per heavy atom. The normalized spacial score (nSPS) is 13.1. The Labute approximate surface area is 152 Å². The van der Waals surface area contributed by atoms with Gasteiger partial charge in [0.2, 0.25) is 5.69 Å². The molecule has 4 rings (SSSR count). The van der Waals surface area contributed by atoms with Gasteiger partial charge in [0.05, 0.1) is 25.4 Å². The first-order valence-electron chi connectivity index (χ1n) is 7.28. The van der Waals surface area contributed by atoms with Gasteiger partial charge in [-0.3, -0.25) is 51.3 Å². The fraction of sp³-hybridized carbons (Fsp3) is 0. The van der Waals surface area contributed by atoms with Gasteiger partial charge in [-0.15, -0.1) is 0 Å². The first-order chi connectivity index (χ1) is 13.2. The Bertz CT molecular complexity index is 1120. The molecular weight excluding hydrogens is 384 g/mol. The smallest absolute Gasteiger partial charge is 0.275 e. The summed E-state index contributed by atoms with van der Waals surface area (Å²) in [7, 11) is 0. The van der Waals surface area contributed by atoms with Crippen LogP contribution in [-0.2, 0) is 0 Å². The summed E-state index contributed by atoms with van der Waals surface area (Å²) in [6, 6.07) is 6.41. The maximum Gasteiger partial charge on any atom is 0.432 e. The third kappa shape index (κ3) is 1.98. The van der Waals surface area contributed by atoms with Crippen molar-refractivity contribution in [2.45, 2.75) is 0 Å². The largest absolute Gasteiger partial charge is 0.432 e. The van der Waals surface area contributed by atoms with Crippen LogP contribution in [0.15, 0.2) is 24.3 Å². The van der Waals surface area contributed by atoms with Crippen molar-refractivity contribution in [1.82, 2.24) is 0 Å². The minimum atomic E-state index is -1.58. The molecule has 2 aromatic carbocycles. The topological polar surface area (TPSA) is 203 Å². The van der Waals surface area contributed by atoms with Crippen LogP contribution < -0.4 is 21.1 Å².